The van der Waals surface area contributed by atoms with Crippen molar-refractivity contribution in [2.45, 2.75) is 25.9 Å². The van der Waals surface area contributed by atoms with Gasteiger partial charge in [-0.15, -0.1) is 0 Å². The minimum absolute atomic E-state index is 0.321. The fourth-order valence-electron chi connectivity index (χ4n) is 2.81. The first-order valence-electron chi connectivity index (χ1n) is 8.12. The highest BCUT2D eigenvalue weighted by Crippen LogP contribution is 2.30. The third-order valence-electron chi connectivity index (χ3n) is 4.21. The minimum atomic E-state index is -4.45. The maximum atomic E-state index is 12.8. The smallest absolute Gasteiger partial charge is 0.433 e. The summed E-state index contributed by atoms with van der Waals surface area (Å²) in [6.45, 7) is 3.75. The summed E-state index contributed by atoms with van der Waals surface area (Å²) in [4.78, 5) is 13.4. The molecule has 0 amide bonds. The SMILES string of the molecule is Cc1cccc(OCC2CCN(c3cc(C(F)(F)F)ncn3)CC2)n1. The van der Waals surface area contributed by atoms with E-state index in [4.69, 9.17) is 4.74 Å². The van der Waals surface area contributed by atoms with Gasteiger partial charge in [-0.05, 0) is 31.7 Å². The van der Waals surface area contributed by atoms with Gasteiger partial charge >= 0.3 is 6.18 Å². The van der Waals surface area contributed by atoms with E-state index in [-0.39, 0.29) is 0 Å². The quantitative estimate of drug-likeness (QED) is 0.843. The van der Waals surface area contributed by atoms with Crippen molar-refractivity contribution in [2.24, 2.45) is 5.92 Å². The first kappa shape index (κ1) is 17.4. The van der Waals surface area contributed by atoms with Crippen molar-refractivity contribution < 1.29 is 17.9 Å². The van der Waals surface area contributed by atoms with Crippen LogP contribution in [0.5, 0.6) is 5.88 Å². The largest absolute Gasteiger partial charge is 0.477 e. The number of alkyl halides is 3. The Balaban J connectivity index is 1.53. The average molecular weight is 352 g/mol. The van der Waals surface area contributed by atoms with Gasteiger partial charge in [-0.3, -0.25) is 0 Å². The van der Waals surface area contributed by atoms with E-state index in [1.54, 1.807) is 0 Å². The molecular weight excluding hydrogens is 333 g/mol. The predicted molar refractivity (Wildman–Crippen MR) is 86.4 cm³/mol. The fourth-order valence-corrected chi connectivity index (χ4v) is 2.81. The zero-order valence-electron chi connectivity index (χ0n) is 13.8. The molecule has 134 valence electrons. The molecule has 0 aromatic carbocycles. The number of pyridine rings is 1. The number of piperidine rings is 1. The molecule has 5 nitrogen and oxygen atoms in total. The number of anilines is 1. The molecule has 8 heteroatoms. The molecule has 1 aliphatic rings. The molecule has 3 heterocycles. The predicted octanol–water partition coefficient (Wildman–Crippen LogP) is 3.49. The molecule has 1 saturated heterocycles. The molecule has 0 N–H and O–H groups in total. The van der Waals surface area contributed by atoms with Gasteiger partial charge in [0.2, 0.25) is 5.88 Å². The van der Waals surface area contributed by atoms with Crippen molar-refractivity contribution in [2.75, 3.05) is 24.6 Å². The third kappa shape index (κ3) is 4.58. The minimum Gasteiger partial charge on any atom is -0.477 e. The summed E-state index contributed by atoms with van der Waals surface area (Å²) < 4.78 is 44.0. The summed E-state index contributed by atoms with van der Waals surface area (Å²) in [5.74, 6) is 1.28. The number of aryl methyl sites for hydroxylation is 1. The highest BCUT2D eigenvalue weighted by atomic mass is 19.4. The van der Waals surface area contributed by atoms with Gasteiger partial charge in [0.15, 0.2) is 0 Å². The summed E-state index contributed by atoms with van der Waals surface area (Å²) in [6, 6.07) is 6.63. The first-order valence-corrected chi connectivity index (χ1v) is 8.12. The molecular formula is C17H19F3N4O. The number of nitrogens with zero attached hydrogens (tertiary/aromatic N) is 4. The summed E-state index contributed by atoms with van der Waals surface area (Å²) >= 11 is 0. The van der Waals surface area contributed by atoms with E-state index in [9.17, 15) is 13.2 Å². The van der Waals surface area contributed by atoms with Gasteiger partial charge in [0.1, 0.15) is 17.8 Å². The number of aromatic nitrogens is 3. The van der Waals surface area contributed by atoms with E-state index in [1.165, 1.54) is 0 Å². The van der Waals surface area contributed by atoms with Gasteiger partial charge < -0.3 is 9.64 Å². The molecule has 25 heavy (non-hydrogen) atoms. The Morgan fingerprint density at radius 1 is 1.20 bits per heavy atom. The van der Waals surface area contributed by atoms with E-state index in [0.29, 0.717) is 37.3 Å². The molecule has 3 rings (SSSR count). The highest BCUT2D eigenvalue weighted by Gasteiger charge is 2.33. The summed E-state index contributed by atoms with van der Waals surface area (Å²) in [5, 5.41) is 0. The van der Waals surface area contributed by atoms with Gasteiger partial charge in [-0.25, -0.2) is 15.0 Å². The second-order valence-electron chi connectivity index (χ2n) is 6.12. The highest BCUT2D eigenvalue weighted by molar-refractivity contribution is 5.39. The molecule has 0 saturated carbocycles. The number of hydrogen-bond donors (Lipinski definition) is 0. The van der Waals surface area contributed by atoms with Crippen LogP contribution in [-0.2, 0) is 6.18 Å². The van der Waals surface area contributed by atoms with Gasteiger partial charge in [0.05, 0.1) is 6.61 Å². The standard InChI is InChI=1S/C17H19F3N4O/c1-12-3-2-4-16(23-12)25-10-13-5-7-24(8-6-13)15-9-14(17(18,19)20)21-11-22-15/h2-4,9,11,13H,5-8,10H2,1H3. The number of rotatable bonds is 4. The van der Waals surface area contributed by atoms with Crippen molar-refractivity contribution in [3.8, 4) is 5.88 Å². The van der Waals surface area contributed by atoms with Crippen LogP contribution in [0.3, 0.4) is 0 Å². The molecule has 0 aliphatic carbocycles. The lowest BCUT2D eigenvalue weighted by Gasteiger charge is -2.32. The Labute approximate surface area is 143 Å². The number of hydrogen-bond acceptors (Lipinski definition) is 5. The van der Waals surface area contributed by atoms with E-state index in [0.717, 1.165) is 30.9 Å². The molecule has 2 aromatic heterocycles. The van der Waals surface area contributed by atoms with Crippen LogP contribution in [0.4, 0.5) is 19.0 Å². The Morgan fingerprint density at radius 2 is 1.96 bits per heavy atom. The van der Waals surface area contributed by atoms with Crippen LogP contribution in [-0.4, -0.2) is 34.6 Å². The van der Waals surface area contributed by atoms with E-state index < -0.39 is 11.9 Å². The molecule has 0 radical (unpaired) electrons. The molecule has 0 bridgehead atoms. The molecule has 0 atom stereocenters. The maximum Gasteiger partial charge on any atom is 0.433 e. The van der Waals surface area contributed by atoms with Crippen LogP contribution in [0, 0.1) is 12.8 Å². The van der Waals surface area contributed by atoms with Crippen molar-refractivity contribution >= 4 is 5.82 Å². The van der Waals surface area contributed by atoms with Crippen LogP contribution in [0.2, 0.25) is 0 Å². The Morgan fingerprint density at radius 3 is 2.64 bits per heavy atom. The van der Waals surface area contributed by atoms with Crippen molar-refractivity contribution in [1.29, 1.82) is 0 Å². The van der Waals surface area contributed by atoms with Gasteiger partial charge in [-0.1, -0.05) is 6.07 Å². The van der Waals surface area contributed by atoms with E-state index >= 15 is 0 Å². The van der Waals surface area contributed by atoms with Crippen molar-refractivity contribution in [3.05, 3.63) is 42.0 Å². The summed E-state index contributed by atoms with van der Waals surface area (Å²) in [6.07, 6.45) is -1.82. The third-order valence-corrected chi connectivity index (χ3v) is 4.21. The lowest BCUT2D eigenvalue weighted by atomic mass is 9.98. The zero-order chi connectivity index (χ0) is 17.9. The normalized spacial score (nSPS) is 16.1. The lowest BCUT2D eigenvalue weighted by molar-refractivity contribution is -0.141. The topological polar surface area (TPSA) is 51.1 Å². The zero-order valence-corrected chi connectivity index (χ0v) is 13.8. The second kappa shape index (κ2) is 7.25. The second-order valence-corrected chi connectivity index (χ2v) is 6.12. The molecule has 1 aliphatic heterocycles. The maximum absolute atomic E-state index is 12.8. The van der Waals surface area contributed by atoms with Crippen LogP contribution < -0.4 is 9.64 Å². The molecule has 2 aromatic rings. The summed E-state index contributed by atoms with van der Waals surface area (Å²) in [5.41, 5.74) is -0.00923. The van der Waals surface area contributed by atoms with Gasteiger partial charge in [0.25, 0.3) is 0 Å². The lowest BCUT2D eigenvalue weighted by Crippen LogP contribution is -2.36. The number of halogens is 3. The Bertz CT molecular complexity index is 715. The van der Waals surface area contributed by atoms with Crippen molar-refractivity contribution in [3.63, 3.8) is 0 Å². The molecule has 0 spiro atoms. The molecule has 0 unspecified atom stereocenters. The first-order chi connectivity index (χ1) is 11.9. The Hall–Kier alpha value is -2.38. The fraction of sp³-hybridized carbons (Fsp3) is 0.471. The van der Waals surface area contributed by atoms with Crippen molar-refractivity contribution in [1.82, 2.24) is 15.0 Å². The average Bonchev–Trinajstić information content (AvgIpc) is 2.60. The van der Waals surface area contributed by atoms with E-state index in [2.05, 4.69) is 15.0 Å². The Kier molecular flexibility index (Phi) is 5.06. The van der Waals surface area contributed by atoms with E-state index in [1.807, 2.05) is 30.0 Å². The molecule has 1 fully saturated rings. The van der Waals surface area contributed by atoms with Gasteiger partial charge in [0, 0.05) is 30.9 Å². The monoisotopic (exact) mass is 352 g/mol. The van der Waals surface area contributed by atoms with Crippen LogP contribution in [0.1, 0.15) is 24.2 Å². The van der Waals surface area contributed by atoms with Crippen LogP contribution >= 0.6 is 0 Å². The number of ether oxygens (including phenoxy) is 1. The van der Waals surface area contributed by atoms with Crippen LogP contribution in [0.25, 0.3) is 0 Å². The summed E-state index contributed by atoms with van der Waals surface area (Å²) in [7, 11) is 0. The van der Waals surface area contributed by atoms with Crippen LogP contribution in [0.15, 0.2) is 30.6 Å². The van der Waals surface area contributed by atoms with Gasteiger partial charge in [-0.2, -0.15) is 13.2 Å².